The van der Waals surface area contributed by atoms with Crippen LogP contribution in [0.1, 0.15) is 6.42 Å². The van der Waals surface area contributed by atoms with Gasteiger partial charge in [0, 0.05) is 21.1 Å². The zero-order chi connectivity index (χ0) is 5.11. The molecule has 0 aromatic rings. The summed E-state index contributed by atoms with van der Waals surface area (Å²) >= 11 is 0. The molecule has 0 amide bonds. The summed E-state index contributed by atoms with van der Waals surface area (Å²) in [6, 6.07) is 0. The normalized spacial score (nSPS) is 20.1. The van der Waals surface area contributed by atoms with Crippen LogP contribution in [0, 0.1) is 6.08 Å². The Morgan fingerprint density at radius 2 is 2.38 bits per heavy atom. The molecule has 0 aliphatic carbocycles. The molecule has 2 heteroatoms. The summed E-state index contributed by atoms with van der Waals surface area (Å²) in [6.45, 7) is 2.26. The van der Waals surface area contributed by atoms with Gasteiger partial charge in [-0.25, -0.2) is 0 Å². The van der Waals surface area contributed by atoms with E-state index in [1.165, 1.54) is 6.54 Å². The van der Waals surface area contributed by atoms with Crippen LogP contribution >= 0.6 is 0 Å². The summed E-state index contributed by atoms with van der Waals surface area (Å²) in [5, 5.41) is 0. The maximum absolute atomic E-state index is 3.15. The van der Waals surface area contributed by atoms with Gasteiger partial charge >= 0.3 is 0 Å². The molecule has 1 rings (SSSR count). The third-order valence-electron chi connectivity index (χ3n) is 1.19. The number of likely N-dealkylation sites (N-methyl/N-ethyl adjacent to an activating group) is 1. The van der Waals surface area contributed by atoms with Crippen LogP contribution in [0.25, 0.3) is 0 Å². The van der Waals surface area contributed by atoms with Crippen LogP contribution in [-0.4, -0.2) is 25.0 Å². The van der Waals surface area contributed by atoms with Crippen LogP contribution in [0.15, 0.2) is 6.08 Å². The van der Waals surface area contributed by atoms with Gasteiger partial charge in [-0.3, -0.25) is 6.08 Å². The van der Waals surface area contributed by atoms with E-state index in [0.717, 1.165) is 13.0 Å². The van der Waals surface area contributed by atoms with Crippen molar-refractivity contribution in [3.8, 4) is 0 Å². The molecule has 1 nitrogen and oxygen atoms in total. The number of hydrogen-bond acceptors (Lipinski definition) is 1. The molecular formula is C6H10NW-. The van der Waals surface area contributed by atoms with E-state index in [1.807, 2.05) is 0 Å². The molecule has 0 aromatic carbocycles. The van der Waals surface area contributed by atoms with Crippen molar-refractivity contribution in [1.82, 2.24) is 4.90 Å². The predicted octanol–water partition coefficient (Wildman–Crippen LogP) is 0.679. The first-order valence-corrected chi connectivity index (χ1v) is 2.63. The largest absolute Gasteiger partial charge is 0.498 e. The Kier molecular flexibility index (Phi) is 4.49. The van der Waals surface area contributed by atoms with E-state index >= 15 is 0 Å². The Morgan fingerprint density at radius 1 is 1.62 bits per heavy atom. The Morgan fingerprint density at radius 3 is 2.62 bits per heavy atom. The van der Waals surface area contributed by atoms with E-state index in [9.17, 15) is 0 Å². The van der Waals surface area contributed by atoms with Gasteiger partial charge in [0.2, 0.25) is 0 Å². The number of nitrogens with zero attached hydrogens (tertiary/aromatic N) is 1. The Bertz CT molecular complexity index is 80.6. The molecule has 0 bridgehead atoms. The SMILES string of the molecule is CN1CC=[C-]CC1.[W]. The van der Waals surface area contributed by atoms with Gasteiger partial charge in [0.05, 0.1) is 0 Å². The molecule has 0 radical (unpaired) electrons. The molecular weight excluding hydrogens is 270 g/mol. The summed E-state index contributed by atoms with van der Waals surface area (Å²) in [7, 11) is 2.12. The second kappa shape index (κ2) is 4.29. The van der Waals surface area contributed by atoms with Gasteiger partial charge in [0.25, 0.3) is 0 Å². The van der Waals surface area contributed by atoms with E-state index in [4.69, 9.17) is 0 Å². The molecule has 1 heterocycles. The fraction of sp³-hybridized carbons (Fsp3) is 0.667. The molecule has 0 N–H and O–H groups in total. The zero-order valence-corrected chi connectivity index (χ0v) is 7.99. The van der Waals surface area contributed by atoms with E-state index < -0.39 is 0 Å². The van der Waals surface area contributed by atoms with Crippen LogP contribution in [0.5, 0.6) is 0 Å². The van der Waals surface area contributed by atoms with Gasteiger partial charge in [-0.2, -0.15) is 6.42 Å². The van der Waals surface area contributed by atoms with Crippen LogP contribution in [0.3, 0.4) is 0 Å². The minimum absolute atomic E-state index is 0. The minimum atomic E-state index is 0. The van der Waals surface area contributed by atoms with Gasteiger partial charge < -0.3 is 11.0 Å². The van der Waals surface area contributed by atoms with Gasteiger partial charge in [-0.05, 0) is 20.1 Å². The van der Waals surface area contributed by atoms with Crippen molar-refractivity contribution >= 4 is 0 Å². The summed E-state index contributed by atoms with van der Waals surface area (Å²) in [5.41, 5.74) is 0. The van der Waals surface area contributed by atoms with Crippen molar-refractivity contribution in [2.45, 2.75) is 6.42 Å². The third-order valence-corrected chi connectivity index (χ3v) is 1.19. The second-order valence-electron chi connectivity index (χ2n) is 1.92. The van der Waals surface area contributed by atoms with Crippen molar-refractivity contribution in [3.05, 3.63) is 12.2 Å². The molecule has 0 fully saturated rings. The van der Waals surface area contributed by atoms with Crippen molar-refractivity contribution < 1.29 is 21.1 Å². The quantitative estimate of drug-likeness (QED) is 0.590. The summed E-state index contributed by atoms with van der Waals surface area (Å²) in [4.78, 5) is 2.27. The first-order chi connectivity index (χ1) is 3.39. The fourth-order valence-electron chi connectivity index (χ4n) is 0.669. The first kappa shape index (κ1) is 8.39. The molecule has 8 heavy (non-hydrogen) atoms. The van der Waals surface area contributed by atoms with E-state index in [0.29, 0.717) is 0 Å². The van der Waals surface area contributed by atoms with Crippen molar-refractivity contribution in [1.29, 1.82) is 0 Å². The molecule has 0 saturated heterocycles. The number of rotatable bonds is 0. The average Bonchev–Trinajstić information content (AvgIpc) is 1.69. The fourth-order valence-corrected chi connectivity index (χ4v) is 0.669. The van der Waals surface area contributed by atoms with E-state index in [-0.39, 0.29) is 21.1 Å². The summed E-state index contributed by atoms with van der Waals surface area (Å²) < 4.78 is 0. The van der Waals surface area contributed by atoms with Crippen LogP contribution in [0.2, 0.25) is 0 Å². The molecule has 0 atom stereocenters. The molecule has 1 aliphatic rings. The van der Waals surface area contributed by atoms with Gasteiger partial charge in [0.15, 0.2) is 0 Å². The predicted molar refractivity (Wildman–Crippen MR) is 29.9 cm³/mol. The zero-order valence-electron chi connectivity index (χ0n) is 5.05. The molecule has 0 aromatic heterocycles. The van der Waals surface area contributed by atoms with Gasteiger partial charge in [-0.15, -0.1) is 0 Å². The first-order valence-electron chi connectivity index (χ1n) is 2.63. The third kappa shape index (κ3) is 2.64. The average molecular weight is 280 g/mol. The molecule has 0 unspecified atom stereocenters. The van der Waals surface area contributed by atoms with Gasteiger partial charge in [0.1, 0.15) is 0 Å². The maximum Gasteiger partial charge on any atom is 0 e. The second-order valence-corrected chi connectivity index (χ2v) is 1.92. The summed E-state index contributed by atoms with van der Waals surface area (Å²) in [6.07, 6.45) is 6.34. The van der Waals surface area contributed by atoms with Gasteiger partial charge in [-0.1, -0.05) is 0 Å². The van der Waals surface area contributed by atoms with E-state index in [2.05, 4.69) is 24.1 Å². The number of hydrogen-bond donors (Lipinski definition) is 0. The smallest absolute Gasteiger partial charge is 0 e. The molecule has 0 saturated carbocycles. The minimum Gasteiger partial charge on any atom is -0.498 e. The Balaban J connectivity index is 0.000000490. The van der Waals surface area contributed by atoms with Crippen molar-refractivity contribution in [3.63, 3.8) is 0 Å². The standard InChI is InChI=1S/C6H10N.W/c1-7-5-3-2-4-6-7;/h3H,4-6H2,1H3;/q-1;. The van der Waals surface area contributed by atoms with Crippen molar-refractivity contribution in [2.75, 3.05) is 20.1 Å². The molecule has 46 valence electrons. The maximum atomic E-state index is 3.15. The molecule has 0 spiro atoms. The van der Waals surface area contributed by atoms with Crippen LogP contribution in [0.4, 0.5) is 0 Å². The Labute approximate surface area is 65.0 Å². The summed E-state index contributed by atoms with van der Waals surface area (Å²) in [5.74, 6) is 0. The topological polar surface area (TPSA) is 3.24 Å². The monoisotopic (exact) mass is 280 g/mol. The van der Waals surface area contributed by atoms with Crippen molar-refractivity contribution in [2.24, 2.45) is 0 Å². The van der Waals surface area contributed by atoms with E-state index in [1.54, 1.807) is 0 Å². The van der Waals surface area contributed by atoms with Crippen LogP contribution < -0.4 is 0 Å². The Hall–Kier alpha value is 0.388. The van der Waals surface area contributed by atoms with Crippen LogP contribution in [-0.2, 0) is 21.1 Å². The molecule has 1 aliphatic heterocycles.